The van der Waals surface area contributed by atoms with Gasteiger partial charge in [-0.3, -0.25) is 0 Å². The number of nitrogens with one attached hydrogen (secondary N) is 1. The molecule has 1 aromatic carbocycles. The molecule has 0 saturated carbocycles. The monoisotopic (exact) mass is 265 g/mol. The van der Waals surface area contributed by atoms with E-state index in [2.05, 4.69) is 16.6 Å². The summed E-state index contributed by atoms with van der Waals surface area (Å²) in [5.74, 6) is 1.78. The van der Waals surface area contributed by atoms with E-state index < -0.39 is 0 Å². The van der Waals surface area contributed by atoms with E-state index >= 15 is 0 Å². The molecule has 98 valence electrons. The number of rotatable bonds is 8. The van der Waals surface area contributed by atoms with Gasteiger partial charge in [0.15, 0.2) is 0 Å². The molecule has 0 aromatic heterocycles. The van der Waals surface area contributed by atoms with Gasteiger partial charge in [-0.1, -0.05) is 18.2 Å². The fourth-order valence-electron chi connectivity index (χ4n) is 1.42. The summed E-state index contributed by atoms with van der Waals surface area (Å²) >= 11 is 1.86. The normalized spacial score (nSPS) is 10.1. The van der Waals surface area contributed by atoms with Crippen LogP contribution < -0.4 is 5.32 Å². The molecule has 0 aliphatic carbocycles. The topological polar surface area (TPSA) is 38.3 Å². The molecule has 0 unspecified atom stereocenters. The summed E-state index contributed by atoms with van der Waals surface area (Å²) < 4.78 is 4.65. The van der Waals surface area contributed by atoms with Crippen LogP contribution in [-0.2, 0) is 11.3 Å². The molecule has 0 fully saturated rings. The number of thioether (sulfide) groups is 1. The molecular weight excluding hydrogens is 246 g/mol. The third-order valence-corrected chi connectivity index (χ3v) is 3.33. The van der Waals surface area contributed by atoms with E-state index in [4.69, 9.17) is 0 Å². The van der Waals surface area contributed by atoms with Crippen molar-refractivity contribution >= 4 is 17.7 Å². The van der Waals surface area contributed by atoms with Crippen LogP contribution in [-0.4, -0.2) is 31.1 Å². The summed E-state index contributed by atoms with van der Waals surface area (Å²) in [6.07, 6.45) is 1.91. The van der Waals surface area contributed by atoms with Crippen molar-refractivity contribution in [1.82, 2.24) is 5.32 Å². The summed E-state index contributed by atoms with van der Waals surface area (Å²) in [5, 5.41) is 3.35. The Morgan fingerprint density at radius 1 is 1.44 bits per heavy atom. The van der Waals surface area contributed by atoms with Crippen LogP contribution in [0.4, 0.5) is 0 Å². The number of hydrogen-bond acceptors (Lipinski definition) is 4. The molecule has 0 radical (unpaired) electrons. The second-order valence-electron chi connectivity index (χ2n) is 3.73. The van der Waals surface area contributed by atoms with Gasteiger partial charge in [-0.2, -0.15) is 11.8 Å². The lowest BCUT2D eigenvalue weighted by atomic mass is 10.1. The quantitative estimate of drug-likeness (QED) is 0.445. The Balaban J connectivity index is 2.26. The van der Waals surface area contributed by atoms with E-state index in [0.717, 1.165) is 30.2 Å². The van der Waals surface area contributed by atoms with Gasteiger partial charge in [-0.05, 0) is 17.7 Å². The predicted molar refractivity (Wildman–Crippen MR) is 77.0 cm³/mol. The van der Waals surface area contributed by atoms with Crippen molar-refractivity contribution < 1.29 is 9.53 Å². The number of hydrogen-bond donors (Lipinski definition) is 1. The maximum absolute atomic E-state index is 11.2. The Labute approximate surface area is 113 Å². The van der Waals surface area contributed by atoms with Gasteiger partial charge < -0.3 is 10.1 Å². The van der Waals surface area contributed by atoms with E-state index in [1.807, 2.05) is 30.0 Å². The number of methoxy groups -OCH3 is 1. The van der Waals surface area contributed by atoms with Crippen LogP contribution in [0.2, 0.25) is 0 Å². The first kappa shape index (κ1) is 14.8. The highest BCUT2D eigenvalue weighted by atomic mass is 32.2. The number of benzene rings is 1. The highest BCUT2D eigenvalue weighted by Gasteiger charge is 2.03. The standard InChI is InChI=1S/C14H19NO2S/c1-3-9-18-10-8-15-11-12-4-6-13(7-5-12)14(16)17-2/h3-7,15H,1,8-11H2,2H3. The maximum Gasteiger partial charge on any atom is 0.337 e. The SMILES string of the molecule is C=CCSCCNCc1ccc(C(=O)OC)cc1. The van der Waals surface area contributed by atoms with E-state index in [1.165, 1.54) is 7.11 Å². The molecule has 0 spiro atoms. The largest absolute Gasteiger partial charge is 0.465 e. The number of esters is 1. The number of carbonyl (C=O) groups excluding carboxylic acids is 1. The lowest BCUT2D eigenvalue weighted by molar-refractivity contribution is 0.0600. The van der Waals surface area contributed by atoms with Gasteiger partial charge in [0.1, 0.15) is 0 Å². The molecular formula is C14H19NO2S. The first-order chi connectivity index (χ1) is 8.77. The zero-order chi connectivity index (χ0) is 13.2. The van der Waals surface area contributed by atoms with Crippen LogP contribution in [0.15, 0.2) is 36.9 Å². The average Bonchev–Trinajstić information content (AvgIpc) is 2.42. The zero-order valence-electron chi connectivity index (χ0n) is 10.6. The van der Waals surface area contributed by atoms with Crippen molar-refractivity contribution in [3.8, 4) is 0 Å². The molecule has 0 bridgehead atoms. The van der Waals surface area contributed by atoms with Crippen LogP contribution >= 0.6 is 11.8 Å². The lowest BCUT2D eigenvalue weighted by Crippen LogP contribution is -2.16. The molecule has 0 saturated heterocycles. The van der Waals surface area contributed by atoms with Crippen LogP contribution in [0.3, 0.4) is 0 Å². The first-order valence-corrected chi connectivity index (χ1v) is 7.00. The van der Waals surface area contributed by atoms with Crippen molar-refractivity contribution in [1.29, 1.82) is 0 Å². The Kier molecular flexibility index (Phi) is 7.22. The van der Waals surface area contributed by atoms with Gasteiger partial charge in [0.05, 0.1) is 12.7 Å². The molecule has 4 heteroatoms. The van der Waals surface area contributed by atoms with Gasteiger partial charge in [-0.25, -0.2) is 4.79 Å². The Bertz CT molecular complexity index is 376. The van der Waals surface area contributed by atoms with Gasteiger partial charge in [0, 0.05) is 24.6 Å². The smallest absolute Gasteiger partial charge is 0.337 e. The van der Waals surface area contributed by atoms with Crippen LogP contribution in [0.5, 0.6) is 0 Å². The minimum atomic E-state index is -0.296. The number of carbonyl (C=O) groups is 1. The molecule has 1 aromatic rings. The highest BCUT2D eigenvalue weighted by molar-refractivity contribution is 7.99. The molecule has 3 nitrogen and oxygen atoms in total. The molecule has 0 atom stereocenters. The summed E-state index contributed by atoms with van der Waals surface area (Å²) in [4.78, 5) is 11.2. The van der Waals surface area contributed by atoms with Crippen molar-refractivity contribution in [3.05, 3.63) is 48.0 Å². The van der Waals surface area contributed by atoms with Crippen LogP contribution in [0.1, 0.15) is 15.9 Å². The van der Waals surface area contributed by atoms with Gasteiger partial charge >= 0.3 is 5.97 Å². The van der Waals surface area contributed by atoms with Crippen molar-refractivity contribution in [2.24, 2.45) is 0 Å². The van der Waals surface area contributed by atoms with E-state index in [-0.39, 0.29) is 5.97 Å². The summed E-state index contributed by atoms with van der Waals surface area (Å²) in [7, 11) is 1.39. The fraction of sp³-hybridized carbons (Fsp3) is 0.357. The minimum absolute atomic E-state index is 0.296. The summed E-state index contributed by atoms with van der Waals surface area (Å²) in [6, 6.07) is 7.46. The minimum Gasteiger partial charge on any atom is -0.465 e. The average molecular weight is 265 g/mol. The predicted octanol–water partition coefficient (Wildman–Crippen LogP) is 2.48. The van der Waals surface area contributed by atoms with E-state index in [9.17, 15) is 4.79 Å². The highest BCUT2D eigenvalue weighted by Crippen LogP contribution is 2.05. The third-order valence-electron chi connectivity index (χ3n) is 2.36. The summed E-state index contributed by atoms with van der Waals surface area (Å²) in [5.41, 5.74) is 1.75. The Morgan fingerprint density at radius 3 is 2.78 bits per heavy atom. The van der Waals surface area contributed by atoms with Gasteiger partial charge in [0.25, 0.3) is 0 Å². The second-order valence-corrected chi connectivity index (χ2v) is 4.88. The molecule has 1 N–H and O–H groups in total. The zero-order valence-corrected chi connectivity index (χ0v) is 11.5. The van der Waals surface area contributed by atoms with E-state index in [0.29, 0.717) is 5.56 Å². The van der Waals surface area contributed by atoms with Gasteiger partial charge in [-0.15, -0.1) is 6.58 Å². The lowest BCUT2D eigenvalue weighted by Gasteiger charge is -2.05. The molecule has 1 rings (SSSR count). The maximum atomic E-state index is 11.2. The number of ether oxygens (including phenoxy) is 1. The first-order valence-electron chi connectivity index (χ1n) is 5.84. The molecule has 0 aliphatic heterocycles. The van der Waals surface area contributed by atoms with E-state index in [1.54, 1.807) is 12.1 Å². The second kappa shape index (κ2) is 8.78. The Hall–Kier alpha value is -1.26. The fourth-order valence-corrected chi connectivity index (χ4v) is 2.04. The van der Waals surface area contributed by atoms with Crippen molar-refractivity contribution in [2.45, 2.75) is 6.54 Å². The molecule has 0 aliphatic rings. The van der Waals surface area contributed by atoms with Crippen LogP contribution in [0, 0.1) is 0 Å². The Morgan fingerprint density at radius 2 is 2.17 bits per heavy atom. The third kappa shape index (κ3) is 5.38. The molecule has 0 amide bonds. The summed E-state index contributed by atoms with van der Waals surface area (Å²) in [6.45, 7) is 5.46. The van der Waals surface area contributed by atoms with Gasteiger partial charge in [0.2, 0.25) is 0 Å². The molecule has 0 heterocycles. The molecule has 18 heavy (non-hydrogen) atoms. The van der Waals surface area contributed by atoms with Crippen molar-refractivity contribution in [3.63, 3.8) is 0 Å². The van der Waals surface area contributed by atoms with Crippen LogP contribution in [0.25, 0.3) is 0 Å². The van der Waals surface area contributed by atoms with Crippen molar-refractivity contribution in [2.75, 3.05) is 25.2 Å².